The number of aromatic nitrogens is 1. The van der Waals surface area contributed by atoms with Gasteiger partial charge in [0, 0.05) is 19.3 Å². The molecule has 1 unspecified atom stereocenters. The summed E-state index contributed by atoms with van der Waals surface area (Å²) in [5.41, 5.74) is 2.93. The Balaban J connectivity index is 1.89. The molecule has 0 radical (unpaired) electrons. The zero-order valence-electron chi connectivity index (χ0n) is 15.2. The lowest BCUT2D eigenvalue weighted by molar-refractivity contribution is -0.129. The van der Waals surface area contributed by atoms with E-state index >= 15 is 0 Å². The zero-order valence-corrected chi connectivity index (χ0v) is 16.8. The Bertz CT molecular complexity index is 1070. The number of ether oxygens (including phenoxy) is 1. The summed E-state index contributed by atoms with van der Waals surface area (Å²) in [5.74, 6) is 0.494. The minimum atomic E-state index is -1.12. The third kappa shape index (κ3) is 2.81. The summed E-state index contributed by atoms with van der Waals surface area (Å²) in [5, 5.41) is 13.6. The fraction of sp³-hybridized carbons (Fsp3) is 0.150. The first-order valence-electron chi connectivity index (χ1n) is 8.44. The molecule has 2 heterocycles. The monoisotopic (exact) mass is 411 g/mol. The minimum Gasteiger partial charge on any atom is -0.508 e. The molecule has 2 N–H and O–H groups in total. The van der Waals surface area contributed by atoms with E-state index in [1.807, 2.05) is 30.3 Å². The van der Waals surface area contributed by atoms with Crippen LogP contribution in [0.15, 0.2) is 54.2 Å². The molecule has 1 fully saturated rings. The van der Waals surface area contributed by atoms with E-state index in [1.54, 1.807) is 38.0 Å². The van der Waals surface area contributed by atoms with E-state index in [2.05, 4.69) is 10.3 Å². The second kappa shape index (κ2) is 6.88. The number of carbonyl (C=O) groups excluding carboxylic acids is 1. The fourth-order valence-corrected chi connectivity index (χ4v) is 4.37. The quantitative estimate of drug-likeness (QED) is 0.643. The highest BCUT2D eigenvalue weighted by Gasteiger charge is 2.52. The molecule has 2 aromatic carbocycles. The highest BCUT2D eigenvalue weighted by Crippen LogP contribution is 2.39. The number of nitrogens with zero attached hydrogens (tertiary/aromatic N) is 2. The summed E-state index contributed by atoms with van der Waals surface area (Å²) in [4.78, 5) is 19.6. The number of thiazole rings is 1. The van der Waals surface area contributed by atoms with Crippen LogP contribution in [0.4, 0.5) is 0 Å². The van der Waals surface area contributed by atoms with Crippen molar-refractivity contribution in [3.8, 4) is 22.6 Å². The maximum Gasteiger partial charge on any atom is 0.264 e. The average molecular weight is 412 g/mol. The van der Waals surface area contributed by atoms with Crippen LogP contribution >= 0.6 is 23.6 Å². The summed E-state index contributed by atoms with van der Waals surface area (Å²) in [6.07, 6.45) is 1.68. The Morgan fingerprint density at radius 3 is 2.71 bits per heavy atom. The van der Waals surface area contributed by atoms with Crippen LogP contribution in [0.2, 0.25) is 0 Å². The molecule has 4 rings (SSSR count). The molecule has 0 saturated carbocycles. The van der Waals surface area contributed by atoms with E-state index in [-0.39, 0.29) is 11.7 Å². The van der Waals surface area contributed by atoms with E-state index < -0.39 is 5.54 Å². The maximum atomic E-state index is 13.2. The average Bonchev–Trinajstić information content (AvgIpc) is 3.32. The van der Waals surface area contributed by atoms with Gasteiger partial charge in [0.2, 0.25) is 0 Å². The molecule has 0 aliphatic carbocycles. The number of nitrogens with one attached hydrogen (secondary N) is 1. The van der Waals surface area contributed by atoms with Crippen molar-refractivity contribution < 1.29 is 14.6 Å². The van der Waals surface area contributed by atoms with Gasteiger partial charge in [-0.05, 0) is 47.1 Å². The lowest BCUT2D eigenvalue weighted by Crippen LogP contribution is -2.44. The smallest absolute Gasteiger partial charge is 0.264 e. The summed E-state index contributed by atoms with van der Waals surface area (Å²) < 4.78 is 5.25. The van der Waals surface area contributed by atoms with Crippen molar-refractivity contribution in [3.63, 3.8) is 0 Å². The number of thiocarbonyl (C=S) groups is 1. The highest BCUT2D eigenvalue weighted by atomic mass is 32.1. The molecule has 0 spiro atoms. The van der Waals surface area contributed by atoms with Crippen molar-refractivity contribution in [2.75, 3.05) is 14.2 Å². The standard InChI is InChI=1S/C20H17N3O3S2/c1-23-18(25)20(22-19(23)27,17-10-21-11-28-17)14-5-3-4-12(6-14)13-7-15(24)9-16(8-13)26-2/h3-11,24H,1-2H3,(H,22,27). The lowest BCUT2D eigenvalue weighted by atomic mass is 9.86. The van der Waals surface area contributed by atoms with E-state index in [0.29, 0.717) is 10.9 Å². The largest absolute Gasteiger partial charge is 0.508 e. The molecular weight excluding hydrogens is 394 g/mol. The van der Waals surface area contributed by atoms with Crippen LogP contribution < -0.4 is 10.1 Å². The van der Waals surface area contributed by atoms with Gasteiger partial charge in [-0.1, -0.05) is 18.2 Å². The second-order valence-corrected chi connectivity index (χ2v) is 7.68. The van der Waals surface area contributed by atoms with Crippen molar-refractivity contribution >= 4 is 34.6 Å². The number of hydrogen-bond donors (Lipinski definition) is 2. The third-order valence-electron chi connectivity index (χ3n) is 4.78. The van der Waals surface area contributed by atoms with Crippen molar-refractivity contribution in [2.45, 2.75) is 5.54 Å². The fourth-order valence-electron chi connectivity index (χ4n) is 3.35. The van der Waals surface area contributed by atoms with Crippen molar-refractivity contribution in [2.24, 2.45) is 0 Å². The van der Waals surface area contributed by atoms with Crippen LogP contribution in [0.25, 0.3) is 11.1 Å². The van der Waals surface area contributed by atoms with Gasteiger partial charge in [-0.3, -0.25) is 14.7 Å². The van der Waals surface area contributed by atoms with Gasteiger partial charge in [0.1, 0.15) is 11.5 Å². The van der Waals surface area contributed by atoms with Crippen LogP contribution in [0, 0.1) is 0 Å². The Labute approximate surface area is 171 Å². The van der Waals surface area contributed by atoms with Gasteiger partial charge < -0.3 is 15.2 Å². The van der Waals surface area contributed by atoms with E-state index in [0.717, 1.165) is 21.6 Å². The molecule has 3 aromatic rings. The molecule has 1 atom stereocenters. The van der Waals surface area contributed by atoms with Crippen molar-refractivity contribution in [1.82, 2.24) is 15.2 Å². The topological polar surface area (TPSA) is 74.7 Å². The van der Waals surface area contributed by atoms with Gasteiger partial charge in [-0.15, -0.1) is 11.3 Å². The molecule has 28 heavy (non-hydrogen) atoms. The van der Waals surface area contributed by atoms with Crippen LogP contribution in [-0.2, 0) is 10.3 Å². The highest BCUT2D eigenvalue weighted by molar-refractivity contribution is 7.80. The van der Waals surface area contributed by atoms with Gasteiger partial charge in [-0.25, -0.2) is 0 Å². The number of hydrogen-bond acceptors (Lipinski definition) is 6. The Morgan fingerprint density at radius 2 is 2.07 bits per heavy atom. The molecule has 1 aliphatic rings. The molecule has 8 heteroatoms. The Kier molecular flexibility index (Phi) is 4.52. The maximum absolute atomic E-state index is 13.2. The number of amides is 1. The van der Waals surface area contributed by atoms with Gasteiger partial charge >= 0.3 is 0 Å². The van der Waals surface area contributed by atoms with Gasteiger partial charge in [0.25, 0.3) is 5.91 Å². The molecular formula is C20H17N3O3S2. The van der Waals surface area contributed by atoms with Crippen molar-refractivity contribution in [3.05, 3.63) is 64.6 Å². The van der Waals surface area contributed by atoms with Gasteiger partial charge in [0.15, 0.2) is 10.7 Å². The second-order valence-electron chi connectivity index (χ2n) is 6.41. The van der Waals surface area contributed by atoms with Gasteiger partial charge in [0.05, 0.1) is 17.5 Å². The molecule has 1 saturated heterocycles. The van der Waals surface area contributed by atoms with E-state index in [9.17, 15) is 9.90 Å². The predicted octanol–water partition coefficient (Wildman–Crippen LogP) is 3.11. The van der Waals surface area contributed by atoms with Crippen LogP contribution in [-0.4, -0.2) is 40.2 Å². The van der Waals surface area contributed by atoms with E-state index in [1.165, 1.54) is 16.2 Å². The number of benzene rings is 2. The zero-order chi connectivity index (χ0) is 19.9. The number of rotatable bonds is 4. The van der Waals surface area contributed by atoms with Gasteiger partial charge in [-0.2, -0.15) is 0 Å². The predicted molar refractivity (Wildman–Crippen MR) is 111 cm³/mol. The normalized spacial score (nSPS) is 19.0. The number of likely N-dealkylation sites (N-methyl/N-ethyl adjacent to an activating group) is 1. The first-order chi connectivity index (χ1) is 13.5. The third-order valence-corrected chi connectivity index (χ3v) is 6.05. The summed E-state index contributed by atoms with van der Waals surface area (Å²) in [6, 6.07) is 12.6. The number of phenolic OH excluding ortho intramolecular Hbond substituents is 1. The SMILES string of the molecule is COc1cc(O)cc(-c2cccc(C3(c4cncs4)NC(=S)N(C)C3=O)c2)c1. The molecule has 0 bridgehead atoms. The number of phenols is 1. The van der Waals surface area contributed by atoms with Crippen LogP contribution in [0.3, 0.4) is 0 Å². The molecule has 1 aliphatic heterocycles. The molecule has 6 nitrogen and oxygen atoms in total. The summed E-state index contributed by atoms with van der Waals surface area (Å²) in [7, 11) is 3.20. The van der Waals surface area contributed by atoms with Crippen molar-refractivity contribution in [1.29, 1.82) is 0 Å². The first kappa shape index (κ1) is 18.4. The molecule has 142 valence electrons. The van der Waals surface area contributed by atoms with E-state index in [4.69, 9.17) is 17.0 Å². The molecule has 1 aromatic heterocycles. The molecule has 1 amide bonds. The van der Waals surface area contributed by atoms with Crippen LogP contribution in [0.5, 0.6) is 11.5 Å². The summed E-state index contributed by atoms with van der Waals surface area (Å²) >= 11 is 6.74. The Hall–Kier alpha value is -2.97. The minimum absolute atomic E-state index is 0.105. The Morgan fingerprint density at radius 1 is 1.25 bits per heavy atom. The lowest BCUT2D eigenvalue weighted by Gasteiger charge is -2.26. The number of carbonyl (C=O) groups is 1. The summed E-state index contributed by atoms with van der Waals surface area (Å²) in [6.45, 7) is 0. The number of methoxy groups -OCH3 is 1. The first-order valence-corrected chi connectivity index (χ1v) is 9.72. The number of aromatic hydroxyl groups is 1. The van der Waals surface area contributed by atoms with Crippen LogP contribution in [0.1, 0.15) is 10.4 Å².